The van der Waals surface area contributed by atoms with Crippen molar-refractivity contribution < 1.29 is 4.42 Å². The van der Waals surface area contributed by atoms with Crippen molar-refractivity contribution in [1.29, 1.82) is 0 Å². The van der Waals surface area contributed by atoms with Gasteiger partial charge in [-0.1, -0.05) is 6.92 Å². The largest absolute Gasteiger partial charge is 0.472 e. The Labute approximate surface area is 198 Å². The smallest absolute Gasteiger partial charge is 0.260 e. The number of hydrogen-bond acceptors (Lipinski definition) is 7. The van der Waals surface area contributed by atoms with Gasteiger partial charge in [0.05, 0.1) is 23.8 Å². The lowest BCUT2D eigenvalue weighted by Crippen LogP contribution is -2.46. The van der Waals surface area contributed by atoms with E-state index in [0.29, 0.717) is 23.7 Å². The molecule has 0 aliphatic carbocycles. The molecule has 0 radical (unpaired) electrons. The Balaban J connectivity index is 1.42. The van der Waals surface area contributed by atoms with Gasteiger partial charge >= 0.3 is 0 Å². The minimum Gasteiger partial charge on any atom is -0.472 e. The topological polar surface area (TPSA) is 79.4 Å². The molecule has 1 aromatic carbocycles. The van der Waals surface area contributed by atoms with Gasteiger partial charge in [0.2, 0.25) is 5.95 Å². The fraction of sp³-hybridized carbons (Fsp3) is 0.346. The Morgan fingerprint density at radius 2 is 1.76 bits per heavy atom. The number of benzene rings is 1. The Bertz CT molecular complexity index is 1340. The molecule has 1 fully saturated rings. The molecule has 8 heteroatoms. The van der Waals surface area contributed by atoms with Crippen molar-refractivity contribution in [3.8, 4) is 11.1 Å². The van der Waals surface area contributed by atoms with Gasteiger partial charge < -0.3 is 19.5 Å². The highest BCUT2D eigenvalue weighted by molar-refractivity contribution is 5.84. The van der Waals surface area contributed by atoms with Gasteiger partial charge in [-0.05, 0) is 56.8 Å². The third kappa shape index (κ3) is 4.17. The van der Waals surface area contributed by atoms with Gasteiger partial charge in [-0.15, -0.1) is 0 Å². The zero-order chi connectivity index (χ0) is 23.7. The van der Waals surface area contributed by atoms with Gasteiger partial charge in [0.25, 0.3) is 5.56 Å². The van der Waals surface area contributed by atoms with Crippen LogP contribution in [0.15, 0.2) is 58.1 Å². The fourth-order valence-corrected chi connectivity index (χ4v) is 4.57. The number of hydrogen-bond donors (Lipinski definition) is 1. The molecule has 1 saturated heterocycles. The summed E-state index contributed by atoms with van der Waals surface area (Å²) in [6.45, 7) is 12.0. The van der Waals surface area contributed by atoms with Crippen LogP contribution in [-0.4, -0.2) is 52.2 Å². The number of furan rings is 1. The number of nitrogens with zero attached hydrogens (tertiary/aromatic N) is 5. The van der Waals surface area contributed by atoms with Crippen LogP contribution in [0.5, 0.6) is 0 Å². The summed E-state index contributed by atoms with van der Waals surface area (Å²) in [7, 11) is 0. The second kappa shape index (κ2) is 9.30. The third-order valence-corrected chi connectivity index (χ3v) is 6.59. The SMILES string of the molecule is CCN1CCN(c2ccc(Nc3nc(C)c4cc(-c5ccoc5)c(=O)n(CC)c4n3)cc2)CC1. The van der Waals surface area contributed by atoms with Crippen molar-refractivity contribution in [2.45, 2.75) is 27.3 Å². The molecule has 4 aromatic rings. The average molecular weight is 459 g/mol. The molecule has 0 amide bonds. The number of anilines is 3. The summed E-state index contributed by atoms with van der Waals surface area (Å²) in [4.78, 5) is 27.4. The number of aromatic nitrogens is 3. The van der Waals surface area contributed by atoms with Crippen LogP contribution in [0.3, 0.4) is 0 Å². The lowest BCUT2D eigenvalue weighted by molar-refractivity contribution is 0.271. The molecule has 5 rings (SSSR count). The first-order valence-electron chi connectivity index (χ1n) is 11.9. The molecular weight excluding hydrogens is 428 g/mol. The molecule has 1 aliphatic heterocycles. The minimum atomic E-state index is -0.0898. The molecule has 34 heavy (non-hydrogen) atoms. The van der Waals surface area contributed by atoms with Crippen LogP contribution in [0.25, 0.3) is 22.2 Å². The molecule has 4 heterocycles. The molecule has 0 spiro atoms. The average Bonchev–Trinajstić information content (AvgIpc) is 3.39. The number of fused-ring (bicyclic) bond motifs is 1. The van der Waals surface area contributed by atoms with E-state index in [4.69, 9.17) is 9.40 Å². The number of nitrogens with one attached hydrogen (secondary N) is 1. The Morgan fingerprint density at radius 1 is 1.00 bits per heavy atom. The fourth-order valence-electron chi connectivity index (χ4n) is 4.57. The molecular formula is C26H30N6O2. The van der Waals surface area contributed by atoms with E-state index in [1.165, 1.54) is 5.69 Å². The predicted molar refractivity (Wildman–Crippen MR) is 136 cm³/mol. The summed E-state index contributed by atoms with van der Waals surface area (Å²) in [5.41, 5.74) is 4.83. The maximum Gasteiger partial charge on any atom is 0.260 e. The summed E-state index contributed by atoms with van der Waals surface area (Å²) in [6, 6.07) is 12.0. The van der Waals surface area contributed by atoms with Crippen LogP contribution < -0.4 is 15.8 Å². The number of piperazine rings is 1. The van der Waals surface area contributed by atoms with E-state index >= 15 is 0 Å². The highest BCUT2D eigenvalue weighted by atomic mass is 16.3. The van der Waals surface area contributed by atoms with Crippen molar-refractivity contribution in [2.75, 3.05) is 42.9 Å². The number of aryl methyl sites for hydroxylation is 2. The number of rotatable bonds is 6. The van der Waals surface area contributed by atoms with E-state index in [9.17, 15) is 4.79 Å². The summed E-state index contributed by atoms with van der Waals surface area (Å²) >= 11 is 0. The highest BCUT2D eigenvalue weighted by Crippen LogP contribution is 2.25. The zero-order valence-corrected chi connectivity index (χ0v) is 19.9. The number of pyridine rings is 1. The van der Waals surface area contributed by atoms with Crippen LogP contribution in [-0.2, 0) is 6.54 Å². The number of likely N-dealkylation sites (N-methyl/N-ethyl adjacent to an activating group) is 1. The summed E-state index contributed by atoms with van der Waals surface area (Å²) in [5, 5.41) is 4.17. The first-order chi connectivity index (χ1) is 16.6. The van der Waals surface area contributed by atoms with Crippen LogP contribution in [0.1, 0.15) is 19.5 Å². The minimum absolute atomic E-state index is 0.0898. The summed E-state index contributed by atoms with van der Waals surface area (Å²) in [5.74, 6) is 0.479. The molecule has 3 aromatic heterocycles. The predicted octanol–water partition coefficient (Wildman–Crippen LogP) is 4.27. The monoisotopic (exact) mass is 458 g/mol. The lowest BCUT2D eigenvalue weighted by atomic mass is 10.1. The molecule has 1 aliphatic rings. The van der Waals surface area contributed by atoms with E-state index in [-0.39, 0.29) is 5.56 Å². The standard InChI is InChI=1S/C26H30N6O2/c1-4-30-11-13-31(14-12-30)21-8-6-20(7-9-21)28-26-27-18(3)22-16-23(19-10-15-34-17-19)25(33)32(5-2)24(22)29-26/h6-10,15-17H,4-5,11-14H2,1-3H3,(H,27,28,29). The van der Waals surface area contributed by atoms with Gasteiger partial charge in [-0.2, -0.15) is 4.98 Å². The van der Waals surface area contributed by atoms with Crippen LogP contribution in [0.4, 0.5) is 17.3 Å². The first-order valence-corrected chi connectivity index (χ1v) is 11.9. The van der Waals surface area contributed by atoms with Crippen molar-refractivity contribution in [1.82, 2.24) is 19.4 Å². The second-order valence-electron chi connectivity index (χ2n) is 8.58. The molecule has 0 atom stereocenters. The molecule has 0 bridgehead atoms. The first kappa shape index (κ1) is 22.2. The molecule has 8 nitrogen and oxygen atoms in total. The van der Waals surface area contributed by atoms with Gasteiger partial charge in [-0.25, -0.2) is 4.98 Å². The van der Waals surface area contributed by atoms with Crippen LogP contribution in [0, 0.1) is 6.92 Å². The highest BCUT2D eigenvalue weighted by Gasteiger charge is 2.17. The van der Waals surface area contributed by atoms with Crippen molar-refractivity contribution in [2.24, 2.45) is 0 Å². The van der Waals surface area contributed by atoms with E-state index < -0.39 is 0 Å². The normalized spacial score (nSPS) is 14.6. The lowest BCUT2D eigenvalue weighted by Gasteiger charge is -2.35. The van der Waals surface area contributed by atoms with E-state index in [2.05, 4.69) is 51.3 Å². The van der Waals surface area contributed by atoms with Crippen LogP contribution in [0.2, 0.25) is 0 Å². The van der Waals surface area contributed by atoms with E-state index in [1.807, 2.05) is 19.9 Å². The second-order valence-corrected chi connectivity index (χ2v) is 8.58. The maximum absolute atomic E-state index is 13.2. The Hall–Kier alpha value is -3.65. The molecule has 1 N–H and O–H groups in total. The van der Waals surface area contributed by atoms with Crippen molar-refractivity contribution in [3.05, 3.63) is 65.0 Å². The molecule has 0 unspecified atom stereocenters. The van der Waals surface area contributed by atoms with E-state index in [0.717, 1.165) is 55.1 Å². The van der Waals surface area contributed by atoms with Gasteiger partial charge in [0.1, 0.15) is 5.65 Å². The third-order valence-electron chi connectivity index (χ3n) is 6.59. The van der Waals surface area contributed by atoms with Gasteiger partial charge in [-0.3, -0.25) is 9.36 Å². The van der Waals surface area contributed by atoms with Crippen molar-refractivity contribution in [3.63, 3.8) is 0 Å². The quantitative estimate of drug-likeness (QED) is 0.462. The summed E-state index contributed by atoms with van der Waals surface area (Å²) < 4.78 is 6.88. The summed E-state index contributed by atoms with van der Waals surface area (Å²) in [6.07, 6.45) is 3.16. The van der Waals surface area contributed by atoms with Gasteiger partial charge in [0.15, 0.2) is 0 Å². The van der Waals surface area contributed by atoms with Crippen LogP contribution >= 0.6 is 0 Å². The Morgan fingerprint density at radius 3 is 2.41 bits per heavy atom. The molecule has 176 valence electrons. The maximum atomic E-state index is 13.2. The molecule has 0 saturated carbocycles. The zero-order valence-electron chi connectivity index (χ0n) is 19.9. The van der Waals surface area contributed by atoms with Crippen molar-refractivity contribution >= 4 is 28.4 Å². The van der Waals surface area contributed by atoms with Gasteiger partial charge in [0, 0.05) is 55.0 Å². The van der Waals surface area contributed by atoms with E-state index in [1.54, 1.807) is 23.2 Å². The Kier molecular flexibility index (Phi) is 6.06.